The number of nitrogens with zero attached hydrogens (tertiary/aromatic N) is 1. The van der Waals surface area contributed by atoms with Crippen molar-refractivity contribution < 1.29 is 14.3 Å². The zero-order valence-corrected chi connectivity index (χ0v) is 9.88. The second-order valence-corrected chi connectivity index (χ2v) is 4.58. The molecule has 0 spiro atoms. The Labute approximate surface area is 108 Å². The largest absolute Gasteiger partial charge is 0.477 e. The van der Waals surface area contributed by atoms with Gasteiger partial charge in [-0.2, -0.15) is 0 Å². The topological polar surface area (TPSA) is 62.8 Å². The normalized spacial score (nSPS) is 13.8. The Balaban J connectivity index is 2.04. The molecule has 0 amide bonds. The number of aliphatic carboxylic acids is 1. The van der Waals surface area contributed by atoms with Crippen molar-refractivity contribution in [2.75, 3.05) is 0 Å². The number of hydrogen-bond donors (Lipinski definition) is 1. The van der Waals surface area contributed by atoms with E-state index in [1.54, 1.807) is 0 Å². The number of furan rings is 1. The Kier molecular flexibility index (Phi) is 1.87. The van der Waals surface area contributed by atoms with Crippen LogP contribution in [-0.4, -0.2) is 16.8 Å². The zero-order chi connectivity index (χ0) is 13.0. The summed E-state index contributed by atoms with van der Waals surface area (Å²) >= 11 is 0. The Morgan fingerprint density at radius 3 is 2.84 bits per heavy atom. The predicted molar refractivity (Wildman–Crippen MR) is 72.2 cm³/mol. The van der Waals surface area contributed by atoms with Gasteiger partial charge in [-0.05, 0) is 18.2 Å². The van der Waals surface area contributed by atoms with Crippen LogP contribution in [0.5, 0.6) is 0 Å². The van der Waals surface area contributed by atoms with E-state index < -0.39 is 5.97 Å². The lowest BCUT2D eigenvalue weighted by atomic mass is 10.1. The van der Waals surface area contributed by atoms with Crippen LogP contribution in [0.15, 0.2) is 45.8 Å². The SMILES string of the molecule is O=C(O)C1=Nc2ccc3c(oc4ccccc43)c2C1. The Morgan fingerprint density at radius 2 is 2.00 bits per heavy atom. The summed E-state index contributed by atoms with van der Waals surface area (Å²) in [4.78, 5) is 15.1. The van der Waals surface area contributed by atoms with Gasteiger partial charge >= 0.3 is 5.97 Å². The molecule has 4 nitrogen and oxygen atoms in total. The summed E-state index contributed by atoms with van der Waals surface area (Å²) in [6.07, 6.45) is 0.321. The number of benzene rings is 2. The molecule has 0 saturated carbocycles. The first-order chi connectivity index (χ1) is 9.24. The molecule has 92 valence electrons. The number of rotatable bonds is 1. The van der Waals surface area contributed by atoms with Gasteiger partial charge in [0.05, 0.1) is 5.69 Å². The number of carboxylic acid groups (broad SMARTS) is 1. The van der Waals surface area contributed by atoms with Gasteiger partial charge < -0.3 is 9.52 Å². The molecule has 2 aromatic carbocycles. The third kappa shape index (κ3) is 1.34. The fraction of sp³-hybridized carbons (Fsp3) is 0.0667. The number of fused-ring (bicyclic) bond motifs is 5. The van der Waals surface area contributed by atoms with Crippen LogP contribution in [0.2, 0.25) is 0 Å². The van der Waals surface area contributed by atoms with Gasteiger partial charge in [0.2, 0.25) is 0 Å². The van der Waals surface area contributed by atoms with Crippen LogP contribution in [0.25, 0.3) is 21.9 Å². The molecule has 1 N–H and O–H groups in total. The third-order valence-corrected chi connectivity index (χ3v) is 3.47. The lowest BCUT2D eigenvalue weighted by Crippen LogP contribution is -2.11. The summed E-state index contributed by atoms with van der Waals surface area (Å²) in [5.41, 5.74) is 3.30. The monoisotopic (exact) mass is 251 g/mol. The standard InChI is InChI=1S/C15H9NO3/c17-15(18)12-7-10-11(16-12)6-5-9-8-3-1-2-4-13(8)19-14(9)10/h1-6H,7H2,(H,17,18). The molecule has 4 heteroatoms. The Morgan fingerprint density at radius 1 is 1.16 bits per heavy atom. The maximum Gasteiger partial charge on any atom is 0.350 e. The van der Waals surface area contributed by atoms with E-state index in [9.17, 15) is 4.79 Å². The van der Waals surface area contributed by atoms with Crippen molar-refractivity contribution in [2.24, 2.45) is 4.99 Å². The molecule has 0 saturated heterocycles. The number of hydrogen-bond acceptors (Lipinski definition) is 3. The fourth-order valence-corrected chi connectivity index (χ4v) is 2.59. The molecule has 1 aromatic heterocycles. The van der Waals surface area contributed by atoms with Crippen LogP contribution >= 0.6 is 0 Å². The van der Waals surface area contributed by atoms with E-state index in [0.717, 1.165) is 27.5 Å². The summed E-state index contributed by atoms with van der Waals surface area (Å²) in [6, 6.07) is 11.6. The van der Waals surface area contributed by atoms with Gasteiger partial charge in [-0.1, -0.05) is 18.2 Å². The van der Waals surface area contributed by atoms with E-state index >= 15 is 0 Å². The fourth-order valence-electron chi connectivity index (χ4n) is 2.59. The summed E-state index contributed by atoms with van der Waals surface area (Å²) in [7, 11) is 0. The minimum absolute atomic E-state index is 0.169. The zero-order valence-electron chi connectivity index (χ0n) is 9.88. The molecule has 0 unspecified atom stereocenters. The number of carbonyl (C=O) groups is 1. The van der Waals surface area contributed by atoms with Gasteiger partial charge in [0, 0.05) is 22.8 Å². The Bertz CT molecular complexity index is 874. The van der Waals surface area contributed by atoms with E-state index in [0.29, 0.717) is 12.1 Å². The smallest absolute Gasteiger partial charge is 0.350 e. The number of para-hydroxylation sites is 1. The second-order valence-electron chi connectivity index (χ2n) is 4.58. The van der Waals surface area contributed by atoms with Crippen molar-refractivity contribution in [3.05, 3.63) is 42.0 Å². The first-order valence-corrected chi connectivity index (χ1v) is 5.98. The summed E-state index contributed by atoms with van der Waals surface area (Å²) in [5, 5.41) is 11.1. The quantitative estimate of drug-likeness (QED) is 0.721. The molecule has 2 heterocycles. The van der Waals surface area contributed by atoms with E-state index in [4.69, 9.17) is 9.52 Å². The number of aliphatic imine (C=N–C) groups is 1. The highest BCUT2D eigenvalue weighted by molar-refractivity contribution is 6.38. The highest BCUT2D eigenvalue weighted by Gasteiger charge is 2.24. The van der Waals surface area contributed by atoms with Gasteiger partial charge in [-0.3, -0.25) is 0 Å². The molecular formula is C15H9NO3. The van der Waals surface area contributed by atoms with Crippen molar-refractivity contribution >= 4 is 39.3 Å². The summed E-state index contributed by atoms with van der Waals surface area (Å²) in [6.45, 7) is 0. The molecule has 0 aliphatic carbocycles. The van der Waals surface area contributed by atoms with Gasteiger partial charge in [-0.15, -0.1) is 0 Å². The van der Waals surface area contributed by atoms with Gasteiger partial charge in [-0.25, -0.2) is 9.79 Å². The van der Waals surface area contributed by atoms with E-state index in [2.05, 4.69) is 4.99 Å². The van der Waals surface area contributed by atoms with Crippen LogP contribution in [0.3, 0.4) is 0 Å². The molecular weight excluding hydrogens is 242 g/mol. The average Bonchev–Trinajstić information content (AvgIpc) is 2.99. The van der Waals surface area contributed by atoms with Crippen LogP contribution in [0.4, 0.5) is 5.69 Å². The van der Waals surface area contributed by atoms with Gasteiger partial charge in [0.15, 0.2) is 0 Å². The van der Waals surface area contributed by atoms with E-state index in [1.165, 1.54) is 0 Å². The molecule has 0 fully saturated rings. The summed E-state index contributed by atoms with van der Waals surface area (Å²) in [5.74, 6) is -0.972. The van der Waals surface area contributed by atoms with Crippen LogP contribution < -0.4 is 0 Å². The number of carboxylic acids is 1. The highest BCUT2D eigenvalue weighted by atomic mass is 16.4. The molecule has 1 aliphatic heterocycles. The molecule has 0 radical (unpaired) electrons. The van der Waals surface area contributed by atoms with Crippen molar-refractivity contribution in [3.8, 4) is 0 Å². The van der Waals surface area contributed by atoms with Crippen LogP contribution in [-0.2, 0) is 11.2 Å². The first-order valence-electron chi connectivity index (χ1n) is 5.98. The highest BCUT2D eigenvalue weighted by Crippen LogP contribution is 2.38. The van der Waals surface area contributed by atoms with Crippen molar-refractivity contribution in [1.82, 2.24) is 0 Å². The molecule has 0 atom stereocenters. The molecule has 4 rings (SSSR count). The lowest BCUT2D eigenvalue weighted by Gasteiger charge is -1.97. The minimum atomic E-state index is -0.972. The summed E-state index contributed by atoms with van der Waals surface area (Å²) < 4.78 is 5.86. The van der Waals surface area contributed by atoms with Crippen molar-refractivity contribution in [3.63, 3.8) is 0 Å². The van der Waals surface area contributed by atoms with Gasteiger partial charge in [0.25, 0.3) is 0 Å². The van der Waals surface area contributed by atoms with Gasteiger partial charge in [0.1, 0.15) is 16.9 Å². The predicted octanol–water partition coefficient (Wildman–Crippen LogP) is 3.30. The van der Waals surface area contributed by atoms with Crippen LogP contribution in [0, 0.1) is 0 Å². The average molecular weight is 251 g/mol. The second kappa shape index (κ2) is 3.45. The van der Waals surface area contributed by atoms with Crippen molar-refractivity contribution in [1.29, 1.82) is 0 Å². The maximum absolute atomic E-state index is 11.0. The molecule has 1 aliphatic rings. The lowest BCUT2D eigenvalue weighted by molar-refractivity contribution is -0.129. The maximum atomic E-state index is 11.0. The molecule has 3 aromatic rings. The van der Waals surface area contributed by atoms with E-state index in [1.807, 2.05) is 36.4 Å². The first kappa shape index (κ1) is 10.3. The third-order valence-electron chi connectivity index (χ3n) is 3.47. The van der Waals surface area contributed by atoms with Crippen LogP contribution in [0.1, 0.15) is 5.56 Å². The minimum Gasteiger partial charge on any atom is -0.477 e. The Hall–Kier alpha value is -2.62. The van der Waals surface area contributed by atoms with E-state index in [-0.39, 0.29) is 5.71 Å². The van der Waals surface area contributed by atoms with Crippen molar-refractivity contribution in [2.45, 2.75) is 6.42 Å². The molecule has 19 heavy (non-hydrogen) atoms. The molecule has 0 bridgehead atoms.